The lowest BCUT2D eigenvalue weighted by Crippen LogP contribution is -2.43. The van der Waals surface area contributed by atoms with Gasteiger partial charge in [0.25, 0.3) is 0 Å². The lowest BCUT2D eigenvalue weighted by atomic mass is 10.00. The van der Waals surface area contributed by atoms with Crippen molar-refractivity contribution in [1.29, 1.82) is 0 Å². The third-order valence-electron chi connectivity index (χ3n) is 4.91. The molecule has 2 aromatic rings. The summed E-state index contributed by atoms with van der Waals surface area (Å²) < 4.78 is 0. The van der Waals surface area contributed by atoms with Gasteiger partial charge in [-0.15, -0.1) is 0 Å². The van der Waals surface area contributed by atoms with Gasteiger partial charge in [-0.25, -0.2) is 0 Å². The van der Waals surface area contributed by atoms with Crippen molar-refractivity contribution in [2.45, 2.75) is 51.6 Å². The average Bonchev–Trinajstić information content (AvgIpc) is 2.55. The monoisotopic (exact) mass is 313 g/mol. The van der Waals surface area contributed by atoms with Gasteiger partial charge in [-0.05, 0) is 64.8 Å². The number of nitrogens with one attached hydrogen (secondary N) is 3. The van der Waals surface area contributed by atoms with Crippen LogP contribution in [0.3, 0.4) is 0 Å². The number of fused-ring (bicyclic) bond motifs is 1. The Morgan fingerprint density at radius 3 is 2.78 bits per heavy atom. The van der Waals surface area contributed by atoms with E-state index in [1.54, 1.807) is 0 Å². The fourth-order valence-corrected chi connectivity index (χ4v) is 3.54. The second-order valence-corrected chi connectivity index (χ2v) is 6.73. The Labute approximate surface area is 137 Å². The number of hydrogen-bond donors (Lipinski definition) is 3. The summed E-state index contributed by atoms with van der Waals surface area (Å²) in [5.41, 5.74) is 3.05. The maximum atomic E-state index is 12.7. The molecule has 1 aliphatic heterocycles. The first-order valence-corrected chi connectivity index (χ1v) is 8.72. The molecule has 4 nitrogen and oxygen atoms in total. The molecular formula is C19H27N3O. The fraction of sp³-hybridized carbons (Fsp3) is 0.526. The topological polar surface area (TPSA) is 56.9 Å². The fourth-order valence-electron chi connectivity index (χ4n) is 3.54. The predicted molar refractivity (Wildman–Crippen MR) is 96.1 cm³/mol. The molecule has 0 saturated carbocycles. The van der Waals surface area contributed by atoms with Gasteiger partial charge in [0.15, 0.2) is 5.43 Å². The molecule has 1 aromatic carbocycles. The first-order chi connectivity index (χ1) is 11.1. The first kappa shape index (κ1) is 16.2. The van der Waals surface area contributed by atoms with E-state index in [4.69, 9.17) is 0 Å². The van der Waals surface area contributed by atoms with Crippen molar-refractivity contribution in [2.75, 3.05) is 13.1 Å². The number of aromatic amines is 1. The van der Waals surface area contributed by atoms with E-state index in [0.717, 1.165) is 48.1 Å². The number of rotatable bonds is 5. The molecule has 124 valence electrons. The van der Waals surface area contributed by atoms with Crippen LogP contribution in [0.15, 0.2) is 29.1 Å². The Morgan fingerprint density at radius 1 is 1.26 bits per heavy atom. The number of hydrogen-bond acceptors (Lipinski definition) is 3. The molecule has 0 amide bonds. The van der Waals surface area contributed by atoms with E-state index in [1.165, 1.54) is 12.8 Å². The SMILES string of the molecule is Cc1[nH]c2ccccc2c(=O)c1CC[C@H](C)NC1CCNCC1. The van der Waals surface area contributed by atoms with Crippen molar-refractivity contribution in [3.05, 3.63) is 45.7 Å². The third-order valence-corrected chi connectivity index (χ3v) is 4.91. The van der Waals surface area contributed by atoms with Crippen LogP contribution in [0.1, 0.15) is 37.4 Å². The van der Waals surface area contributed by atoms with Crippen molar-refractivity contribution < 1.29 is 0 Å². The van der Waals surface area contributed by atoms with Crippen molar-refractivity contribution in [2.24, 2.45) is 0 Å². The van der Waals surface area contributed by atoms with Crippen molar-refractivity contribution in [1.82, 2.24) is 15.6 Å². The average molecular weight is 313 g/mol. The van der Waals surface area contributed by atoms with Crippen LogP contribution in [0.2, 0.25) is 0 Å². The summed E-state index contributed by atoms with van der Waals surface area (Å²) in [5, 5.41) is 7.90. The van der Waals surface area contributed by atoms with Crippen LogP contribution in [0.5, 0.6) is 0 Å². The standard InChI is InChI=1S/C19H27N3O/c1-13(21-15-9-11-20-12-10-15)7-8-16-14(2)22-18-6-4-3-5-17(18)19(16)23/h3-6,13,15,20-21H,7-12H2,1-2H3,(H,22,23)/t13-/m0/s1. The van der Waals surface area contributed by atoms with Gasteiger partial charge in [-0.3, -0.25) is 4.79 Å². The van der Waals surface area contributed by atoms with Crippen molar-refractivity contribution >= 4 is 10.9 Å². The van der Waals surface area contributed by atoms with Crippen LogP contribution in [-0.2, 0) is 6.42 Å². The molecule has 0 bridgehead atoms. The van der Waals surface area contributed by atoms with Gasteiger partial charge in [-0.1, -0.05) is 12.1 Å². The molecule has 0 unspecified atom stereocenters. The van der Waals surface area contributed by atoms with E-state index < -0.39 is 0 Å². The predicted octanol–water partition coefficient (Wildman–Crippen LogP) is 2.50. The Bertz CT molecular complexity index is 716. The summed E-state index contributed by atoms with van der Waals surface area (Å²) >= 11 is 0. The van der Waals surface area contributed by atoms with Crippen LogP contribution in [-0.4, -0.2) is 30.2 Å². The van der Waals surface area contributed by atoms with Crippen LogP contribution >= 0.6 is 0 Å². The Hall–Kier alpha value is -1.65. The van der Waals surface area contributed by atoms with Gasteiger partial charge in [0.05, 0.1) is 0 Å². The summed E-state index contributed by atoms with van der Waals surface area (Å²) in [5.74, 6) is 0. The van der Waals surface area contributed by atoms with E-state index in [0.29, 0.717) is 12.1 Å². The lowest BCUT2D eigenvalue weighted by molar-refractivity contribution is 0.348. The normalized spacial score (nSPS) is 17.5. The lowest BCUT2D eigenvalue weighted by Gasteiger charge is -2.27. The molecule has 23 heavy (non-hydrogen) atoms. The highest BCUT2D eigenvalue weighted by molar-refractivity contribution is 5.79. The van der Waals surface area contributed by atoms with Gasteiger partial charge in [0.1, 0.15) is 0 Å². The van der Waals surface area contributed by atoms with Gasteiger partial charge in [-0.2, -0.15) is 0 Å². The molecule has 0 aliphatic carbocycles. The van der Waals surface area contributed by atoms with Crippen molar-refractivity contribution in [3.8, 4) is 0 Å². The molecule has 1 fully saturated rings. The Balaban J connectivity index is 1.68. The van der Waals surface area contributed by atoms with E-state index >= 15 is 0 Å². The zero-order valence-electron chi connectivity index (χ0n) is 14.1. The van der Waals surface area contributed by atoms with Crippen LogP contribution in [0.4, 0.5) is 0 Å². The summed E-state index contributed by atoms with van der Waals surface area (Å²) in [6.07, 6.45) is 4.21. The number of aromatic nitrogens is 1. The second-order valence-electron chi connectivity index (χ2n) is 6.73. The second kappa shape index (κ2) is 7.28. The molecule has 1 aliphatic rings. The first-order valence-electron chi connectivity index (χ1n) is 8.72. The molecule has 2 heterocycles. The Morgan fingerprint density at radius 2 is 2.00 bits per heavy atom. The zero-order valence-corrected chi connectivity index (χ0v) is 14.1. The molecule has 1 atom stereocenters. The smallest absolute Gasteiger partial charge is 0.192 e. The number of pyridine rings is 1. The van der Waals surface area contributed by atoms with Gasteiger partial charge >= 0.3 is 0 Å². The zero-order chi connectivity index (χ0) is 16.2. The number of H-pyrrole nitrogens is 1. The van der Waals surface area contributed by atoms with E-state index in [-0.39, 0.29) is 5.43 Å². The maximum Gasteiger partial charge on any atom is 0.192 e. The summed E-state index contributed by atoms with van der Waals surface area (Å²) in [7, 11) is 0. The molecule has 3 rings (SSSR count). The maximum absolute atomic E-state index is 12.7. The molecular weight excluding hydrogens is 286 g/mol. The summed E-state index contributed by atoms with van der Waals surface area (Å²) in [6, 6.07) is 8.81. The highest BCUT2D eigenvalue weighted by atomic mass is 16.1. The summed E-state index contributed by atoms with van der Waals surface area (Å²) in [6.45, 7) is 6.45. The minimum absolute atomic E-state index is 0.186. The molecule has 0 spiro atoms. The van der Waals surface area contributed by atoms with Gasteiger partial charge < -0.3 is 15.6 Å². The third kappa shape index (κ3) is 3.82. The molecule has 3 N–H and O–H groups in total. The highest BCUT2D eigenvalue weighted by Crippen LogP contribution is 2.13. The quantitative estimate of drug-likeness (QED) is 0.795. The number of para-hydroxylation sites is 1. The molecule has 1 saturated heterocycles. The number of aryl methyl sites for hydroxylation is 1. The van der Waals surface area contributed by atoms with Crippen LogP contribution < -0.4 is 16.1 Å². The van der Waals surface area contributed by atoms with Crippen molar-refractivity contribution in [3.63, 3.8) is 0 Å². The largest absolute Gasteiger partial charge is 0.358 e. The molecule has 1 aromatic heterocycles. The molecule has 4 heteroatoms. The van der Waals surface area contributed by atoms with Gasteiger partial charge in [0.2, 0.25) is 0 Å². The van der Waals surface area contributed by atoms with E-state index in [2.05, 4.69) is 22.5 Å². The minimum atomic E-state index is 0.186. The number of benzene rings is 1. The number of piperidine rings is 1. The van der Waals surface area contributed by atoms with Crippen LogP contribution in [0.25, 0.3) is 10.9 Å². The summed E-state index contributed by atoms with van der Waals surface area (Å²) in [4.78, 5) is 16.1. The van der Waals surface area contributed by atoms with Gasteiger partial charge in [0, 0.05) is 34.2 Å². The molecule has 0 radical (unpaired) electrons. The van der Waals surface area contributed by atoms with Crippen LogP contribution in [0, 0.1) is 6.92 Å². The minimum Gasteiger partial charge on any atom is -0.358 e. The highest BCUT2D eigenvalue weighted by Gasteiger charge is 2.16. The van der Waals surface area contributed by atoms with E-state index in [1.807, 2.05) is 31.2 Å². The van der Waals surface area contributed by atoms with E-state index in [9.17, 15) is 4.79 Å². The Kier molecular flexibility index (Phi) is 5.13.